The minimum Gasteiger partial charge on any atom is -0.497 e. The van der Waals surface area contributed by atoms with Gasteiger partial charge in [0.25, 0.3) is 0 Å². The zero-order chi connectivity index (χ0) is 16.9. The number of ether oxygens (including phenoxy) is 1. The van der Waals surface area contributed by atoms with Crippen LogP contribution in [0.3, 0.4) is 0 Å². The molecule has 0 aliphatic carbocycles. The van der Waals surface area contributed by atoms with Crippen molar-refractivity contribution in [1.29, 1.82) is 0 Å². The molecule has 0 saturated carbocycles. The van der Waals surface area contributed by atoms with Gasteiger partial charge in [-0.3, -0.25) is 4.90 Å². The van der Waals surface area contributed by atoms with Crippen LogP contribution in [0.2, 0.25) is 5.02 Å². The number of nitrogens with zero attached hydrogens (tertiary/aromatic N) is 1. The van der Waals surface area contributed by atoms with Gasteiger partial charge in [-0.05, 0) is 54.2 Å². The summed E-state index contributed by atoms with van der Waals surface area (Å²) in [5.41, 5.74) is 8.91. The first-order valence-electron chi connectivity index (χ1n) is 8.47. The molecule has 128 valence electrons. The standard InChI is InChI=1S/C20H25ClN2O/c1-24-20-7-5-15(6-8-20)9-17-11-19(22)14-23(13-17)12-16-3-2-4-18(21)10-16/h2-8,10,17,19H,9,11-14,22H2,1H3. The molecule has 3 rings (SSSR count). The third-order valence-electron chi connectivity index (χ3n) is 4.62. The summed E-state index contributed by atoms with van der Waals surface area (Å²) in [6.45, 7) is 2.94. The van der Waals surface area contributed by atoms with Crippen molar-refractivity contribution >= 4 is 11.6 Å². The highest BCUT2D eigenvalue weighted by atomic mass is 35.5. The van der Waals surface area contributed by atoms with Crippen molar-refractivity contribution in [1.82, 2.24) is 4.90 Å². The van der Waals surface area contributed by atoms with Gasteiger partial charge in [-0.25, -0.2) is 0 Å². The van der Waals surface area contributed by atoms with Gasteiger partial charge >= 0.3 is 0 Å². The molecule has 2 aromatic rings. The fourth-order valence-corrected chi connectivity index (χ4v) is 3.83. The van der Waals surface area contributed by atoms with Gasteiger partial charge in [0.2, 0.25) is 0 Å². The van der Waals surface area contributed by atoms with Gasteiger partial charge in [0, 0.05) is 30.7 Å². The van der Waals surface area contributed by atoms with E-state index in [0.717, 1.165) is 43.2 Å². The Kier molecular flexibility index (Phi) is 5.77. The summed E-state index contributed by atoms with van der Waals surface area (Å²) >= 11 is 6.10. The average molecular weight is 345 g/mol. The van der Waals surface area contributed by atoms with Gasteiger partial charge in [-0.15, -0.1) is 0 Å². The molecule has 0 aromatic heterocycles. The second kappa shape index (κ2) is 8.02. The molecule has 1 saturated heterocycles. The van der Waals surface area contributed by atoms with E-state index in [1.54, 1.807) is 7.11 Å². The van der Waals surface area contributed by atoms with E-state index in [2.05, 4.69) is 23.1 Å². The summed E-state index contributed by atoms with van der Waals surface area (Å²) < 4.78 is 5.23. The van der Waals surface area contributed by atoms with E-state index in [1.807, 2.05) is 30.3 Å². The Morgan fingerprint density at radius 2 is 1.92 bits per heavy atom. The van der Waals surface area contributed by atoms with E-state index >= 15 is 0 Å². The normalized spacial score (nSPS) is 21.6. The third kappa shape index (κ3) is 4.73. The number of hydrogen-bond donors (Lipinski definition) is 1. The van der Waals surface area contributed by atoms with Gasteiger partial charge in [0.1, 0.15) is 5.75 Å². The first kappa shape index (κ1) is 17.3. The van der Waals surface area contributed by atoms with Crippen LogP contribution < -0.4 is 10.5 Å². The van der Waals surface area contributed by atoms with E-state index in [9.17, 15) is 0 Å². The summed E-state index contributed by atoms with van der Waals surface area (Å²) in [6, 6.07) is 16.7. The molecule has 3 nitrogen and oxygen atoms in total. The second-order valence-corrected chi connectivity index (χ2v) is 7.17. The lowest BCUT2D eigenvalue weighted by atomic mass is 9.89. The van der Waals surface area contributed by atoms with E-state index in [4.69, 9.17) is 22.1 Å². The number of hydrogen-bond acceptors (Lipinski definition) is 3. The van der Waals surface area contributed by atoms with Crippen LogP contribution in [-0.2, 0) is 13.0 Å². The molecule has 1 heterocycles. The van der Waals surface area contributed by atoms with E-state index < -0.39 is 0 Å². The highest BCUT2D eigenvalue weighted by molar-refractivity contribution is 6.30. The Labute approximate surface area is 149 Å². The van der Waals surface area contributed by atoms with Crippen LogP contribution in [0.4, 0.5) is 0 Å². The highest BCUT2D eigenvalue weighted by Crippen LogP contribution is 2.23. The zero-order valence-corrected chi connectivity index (χ0v) is 14.9. The summed E-state index contributed by atoms with van der Waals surface area (Å²) in [7, 11) is 1.70. The van der Waals surface area contributed by atoms with Gasteiger partial charge < -0.3 is 10.5 Å². The molecule has 0 bridgehead atoms. The third-order valence-corrected chi connectivity index (χ3v) is 4.86. The fraction of sp³-hybridized carbons (Fsp3) is 0.400. The maximum Gasteiger partial charge on any atom is 0.118 e. The predicted octanol–water partition coefficient (Wildman–Crippen LogP) is 3.74. The van der Waals surface area contributed by atoms with Gasteiger partial charge in [0.05, 0.1) is 7.11 Å². The lowest BCUT2D eigenvalue weighted by Crippen LogP contribution is -2.47. The molecule has 0 spiro atoms. The quantitative estimate of drug-likeness (QED) is 0.898. The Bertz CT molecular complexity index is 659. The number of methoxy groups -OCH3 is 1. The first-order chi connectivity index (χ1) is 11.6. The SMILES string of the molecule is COc1ccc(CC2CC(N)CN(Cc3cccc(Cl)c3)C2)cc1. The Morgan fingerprint density at radius 1 is 1.12 bits per heavy atom. The molecule has 2 unspecified atom stereocenters. The monoisotopic (exact) mass is 344 g/mol. The minimum atomic E-state index is 0.237. The Morgan fingerprint density at radius 3 is 2.62 bits per heavy atom. The van der Waals surface area contributed by atoms with Crippen molar-refractivity contribution in [3.05, 3.63) is 64.7 Å². The number of nitrogens with two attached hydrogens (primary N) is 1. The number of piperidine rings is 1. The summed E-state index contributed by atoms with van der Waals surface area (Å²) in [6.07, 6.45) is 2.14. The molecule has 2 N–H and O–H groups in total. The van der Waals surface area contributed by atoms with Crippen molar-refractivity contribution in [3.63, 3.8) is 0 Å². The molecule has 24 heavy (non-hydrogen) atoms. The van der Waals surface area contributed by atoms with Crippen molar-refractivity contribution in [2.75, 3.05) is 20.2 Å². The molecule has 2 atom stereocenters. The van der Waals surface area contributed by atoms with Crippen molar-refractivity contribution in [2.45, 2.75) is 25.4 Å². The van der Waals surface area contributed by atoms with Crippen LogP contribution in [0.25, 0.3) is 0 Å². The smallest absolute Gasteiger partial charge is 0.118 e. The van der Waals surface area contributed by atoms with E-state index in [1.165, 1.54) is 11.1 Å². The summed E-state index contributed by atoms with van der Waals surface area (Å²) in [5.74, 6) is 1.49. The number of rotatable bonds is 5. The molecule has 0 radical (unpaired) electrons. The first-order valence-corrected chi connectivity index (χ1v) is 8.85. The second-order valence-electron chi connectivity index (χ2n) is 6.74. The fourth-order valence-electron chi connectivity index (χ4n) is 3.61. The highest BCUT2D eigenvalue weighted by Gasteiger charge is 2.25. The summed E-state index contributed by atoms with van der Waals surface area (Å²) in [4.78, 5) is 2.45. The lowest BCUT2D eigenvalue weighted by Gasteiger charge is -2.36. The topological polar surface area (TPSA) is 38.5 Å². The van der Waals surface area contributed by atoms with Crippen molar-refractivity contribution in [3.8, 4) is 5.75 Å². The van der Waals surface area contributed by atoms with Crippen LogP contribution >= 0.6 is 11.6 Å². The Hall–Kier alpha value is -1.55. The van der Waals surface area contributed by atoms with Gasteiger partial charge in [-0.1, -0.05) is 35.9 Å². The van der Waals surface area contributed by atoms with Crippen LogP contribution in [0.5, 0.6) is 5.75 Å². The molecule has 1 fully saturated rings. The van der Waals surface area contributed by atoms with Crippen LogP contribution in [0, 0.1) is 5.92 Å². The molecular weight excluding hydrogens is 320 g/mol. The van der Waals surface area contributed by atoms with Crippen LogP contribution in [-0.4, -0.2) is 31.1 Å². The molecule has 0 amide bonds. The van der Waals surface area contributed by atoms with Crippen molar-refractivity contribution < 1.29 is 4.74 Å². The maximum atomic E-state index is 6.31. The molecule has 4 heteroatoms. The molecule has 1 aliphatic rings. The van der Waals surface area contributed by atoms with E-state index in [-0.39, 0.29) is 6.04 Å². The molecule has 2 aromatic carbocycles. The zero-order valence-electron chi connectivity index (χ0n) is 14.1. The van der Waals surface area contributed by atoms with Crippen molar-refractivity contribution in [2.24, 2.45) is 11.7 Å². The minimum absolute atomic E-state index is 0.237. The van der Waals surface area contributed by atoms with Gasteiger partial charge in [0.15, 0.2) is 0 Å². The average Bonchev–Trinajstić information content (AvgIpc) is 2.55. The number of halogens is 1. The Balaban J connectivity index is 1.62. The van der Waals surface area contributed by atoms with Crippen LogP contribution in [0.15, 0.2) is 48.5 Å². The summed E-state index contributed by atoms with van der Waals surface area (Å²) in [5, 5.41) is 0.795. The number of benzene rings is 2. The predicted molar refractivity (Wildman–Crippen MR) is 99.5 cm³/mol. The van der Waals surface area contributed by atoms with Crippen LogP contribution in [0.1, 0.15) is 17.5 Å². The maximum absolute atomic E-state index is 6.31. The largest absolute Gasteiger partial charge is 0.497 e. The van der Waals surface area contributed by atoms with E-state index in [0.29, 0.717) is 5.92 Å². The molecule has 1 aliphatic heterocycles. The number of likely N-dealkylation sites (tertiary alicyclic amines) is 1. The van der Waals surface area contributed by atoms with Gasteiger partial charge in [-0.2, -0.15) is 0 Å². The molecular formula is C20H25ClN2O. The lowest BCUT2D eigenvalue weighted by molar-refractivity contribution is 0.149.